The van der Waals surface area contributed by atoms with Crippen molar-refractivity contribution >= 4 is 21.8 Å². The number of nitrogens with zero attached hydrogens (tertiary/aromatic N) is 2. The Morgan fingerprint density at radius 2 is 2.24 bits per heavy atom. The second-order valence-electron chi connectivity index (χ2n) is 6.13. The maximum atomic E-state index is 11.9. The molecule has 1 aliphatic heterocycles. The van der Waals surface area contributed by atoms with Crippen LogP contribution < -0.4 is 0 Å². The summed E-state index contributed by atoms with van der Waals surface area (Å²) in [6.45, 7) is 2.32. The minimum Gasteiger partial charge on any atom is -0.388 e. The van der Waals surface area contributed by atoms with Gasteiger partial charge < -0.3 is 10.0 Å². The van der Waals surface area contributed by atoms with Crippen LogP contribution in [-0.2, 0) is 11.3 Å². The number of carbonyl (C=O) groups is 1. The number of halogens is 1. The Morgan fingerprint density at radius 3 is 2.90 bits per heavy atom. The molecule has 1 heterocycles. The van der Waals surface area contributed by atoms with Gasteiger partial charge in [0.2, 0.25) is 5.91 Å². The third kappa shape index (κ3) is 4.80. The lowest BCUT2D eigenvalue weighted by molar-refractivity contribution is -0.136. The standard InChI is InChI=1S/C16H23BrN2O2/c1-18(2)15(20)10-16(21)7-4-8-19(12-16)11-13-5-3-6-14(17)9-13/h3,5-6,9,21H,4,7-8,10-12H2,1-2H3. The van der Waals surface area contributed by atoms with Crippen molar-refractivity contribution < 1.29 is 9.90 Å². The van der Waals surface area contributed by atoms with E-state index in [0.717, 1.165) is 24.0 Å². The van der Waals surface area contributed by atoms with Crippen LogP contribution >= 0.6 is 15.9 Å². The molecule has 1 aromatic rings. The van der Waals surface area contributed by atoms with Crippen molar-refractivity contribution in [2.45, 2.75) is 31.4 Å². The van der Waals surface area contributed by atoms with Gasteiger partial charge in [0.15, 0.2) is 0 Å². The molecule has 4 nitrogen and oxygen atoms in total. The van der Waals surface area contributed by atoms with Crippen LogP contribution in [0.5, 0.6) is 0 Å². The molecule has 0 aliphatic carbocycles. The molecule has 0 aromatic heterocycles. The first-order valence-corrected chi connectivity index (χ1v) is 8.07. The molecule has 1 saturated heterocycles. The van der Waals surface area contributed by atoms with Crippen molar-refractivity contribution in [1.82, 2.24) is 9.80 Å². The highest BCUT2D eigenvalue weighted by molar-refractivity contribution is 9.10. The second-order valence-corrected chi connectivity index (χ2v) is 7.05. The molecule has 116 valence electrons. The quantitative estimate of drug-likeness (QED) is 0.901. The summed E-state index contributed by atoms with van der Waals surface area (Å²) in [5.74, 6) is -0.0122. The average Bonchev–Trinajstić information content (AvgIpc) is 2.38. The average molecular weight is 355 g/mol. The van der Waals surface area contributed by atoms with Crippen molar-refractivity contribution in [3.8, 4) is 0 Å². The molecular formula is C16H23BrN2O2. The van der Waals surface area contributed by atoms with Crippen LogP contribution in [-0.4, -0.2) is 53.6 Å². The number of hydrogen-bond donors (Lipinski definition) is 1. The summed E-state index contributed by atoms with van der Waals surface area (Å²) < 4.78 is 1.06. The molecule has 5 heteroatoms. The summed E-state index contributed by atoms with van der Waals surface area (Å²) in [4.78, 5) is 15.6. The highest BCUT2D eigenvalue weighted by Crippen LogP contribution is 2.26. The van der Waals surface area contributed by atoms with Crippen LogP contribution in [0.4, 0.5) is 0 Å². The predicted molar refractivity (Wildman–Crippen MR) is 86.9 cm³/mol. The summed E-state index contributed by atoms with van der Waals surface area (Å²) in [6.07, 6.45) is 1.82. The van der Waals surface area contributed by atoms with Gasteiger partial charge in [-0.1, -0.05) is 28.1 Å². The topological polar surface area (TPSA) is 43.8 Å². The molecule has 21 heavy (non-hydrogen) atoms. The number of β-amino-alcohol motifs (C(OH)–C–C–N with tert-alkyl or cyclic N) is 1. The molecule has 1 aromatic carbocycles. The van der Waals surface area contributed by atoms with E-state index in [4.69, 9.17) is 0 Å². The lowest BCUT2D eigenvalue weighted by Gasteiger charge is -2.39. The van der Waals surface area contributed by atoms with E-state index >= 15 is 0 Å². The molecule has 1 amide bonds. The van der Waals surface area contributed by atoms with Crippen LogP contribution in [0.15, 0.2) is 28.7 Å². The van der Waals surface area contributed by atoms with Crippen LogP contribution in [0.2, 0.25) is 0 Å². The number of amides is 1. The minimum atomic E-state index is -0.897. The highest BCUT2D eigenvalue weighted by Gasteiger charge is 2.35. The minimum absolute atomic E-state index is 0.0122. The van der Waals surface area contributed by atoms with E-state index < -0.39 is 5.60 Å². The number of aliphatic hydroxyl groups is 1. The third-order valence-corrected chi connectivity index (χ3v) is 4.40. The fraction of sp³-hybridized carbons (Fsp3) is 0.562. The van der Waals surface area contributed by atoms with E-state index in [9.17, 15) is 9.90 Å². The zero-order valence-electron chi connectivity index (χ0n) is 12.7. The molecule has 1 fully saturated rings. The van der Waals surface area contributed by atoms with Crippen molar-refractivity contribution in [2.24, 2.45) is 0 Å². The summed E-state index contributed by atoms with van der Waals surface area (Å²) in [6, 6.07) is 8.21. The van der Waals surface area contributed by atoms with Gasteiger partial charge in [0.1, 0.15) is 0 Å². The number of carbonyl (C=O) groups excluding carboxylic acids is 1. The van der Waals surface area contributed by atoms with Gasteiger partial charge in [-0.3, -0.25) is 9.69 Å². The maximum Gasteiger partial charge on any atom is 0.224 e. The van der Waals surface area contributed by atoms with Gasteiger partial charge in [-0.25, -0.2) is 0 Å². The normalized spacial score (nSPS) is 23.0. The molecular weight excluding hydrogens is 332 g/mol. The highest BCUT2D eigenvalue weighted by atomic mass is 79.9. The fourth-order valence-electron chi connectivity index (χ4n) is 2.82. The number of rotatable bonds is 4. The molecule has 0 radical (unpaired) electrons. The van der Waals surface area contributed by atoms with Crippen molar-refractivity contribution in [3.05, 3.63) is 34.3 Å². The van der Waals surface area contributed by atoms with E-state index in [1.165, 1.54) is 5.56 Å². The van der Waals surface area contributed by atoms with E-state index in [1.54, 1.807) is 19.0 Å². The van der Waals surface area contributed by atoms with Gasteiger partial charge in [-0.05, 0) is 37.1 Å². The number of hydrogen-bond acceptors (Lipinski definition) is 3. The largest absolute Gasteiger partial charge is 0.388 e. The predicted octanol–water partition coefficient (Wildman–Crippen LogP) is 2.25. The number of benzene rings is 1. The molecule has 1 atom stereocenters. The van der Waals surface area contributed by atoms with Gasteiger partial charge in [-0.2, -0.15) is 0 Å². The summed E-state index contributed by atoms with van der Waals surface area (Å²) >= 11 is 3.48. The summed E-state index contributed by atoms with van der Waals surface area (Å²) in [5.41, 5.74) is 0.318. The van der Waals surface area contributed by atoms with Crippen LogP contribution in [0, 0.1) is 0 Å². The van der Waals surface area contributed by atoms with Gasteiger partial charge in [0.05, 0.1) is 12.0 Å². The zero-order chi connectivity index (χ0) is 15.5. The van der Waals surface area contributed by atoms with Crippen LogP contribution in [0.25, 0.3) is 0 Å². The number of piperidine rings is 1. The Kier molecular flexibility index (Phi) is 5.41. The van der Waals surface area contributed by atoms with Crippen molar-refractivity contribution in [2.75, 3.05) is 27.2 Å². The summed E-state index contributed by atoms with van der Waals surface area (Å²) in [5, 5.41) is 10.7. The summed E-state index contributed by atoms with van der Waals surface area (Å²) in [7, 11) is 3.46. The molecule has 2 rings (SSSR count). The monoisotopic (exact) mass is 354 g/mol. The zero-order valence-corrected chi connectivity index (χ0v) is 14.3. The second kappa shape index (κ2) is 6.90. The first-order chi connectivity index (χ1) is 9.88. The Labute approximate surface area is 134 Å². The van der Waals surface area contributed by atoms with Crippen molar-refractivity contribution in [3.63, 3.8) is 0 Å². The molecule has 0 bridgehead atoms. The lowest BCUT2D eigenvalue weighted by atomic mass is 9.89. The van der Waals surface area contributed by atoms with Gasteiger partial charge in [0, 0.05) is 31.7 Å². The van der Waals surface area contributed by atoms with E-state index in [2.05, 4.69) is 33.0 Å². The van der Waals surface area contributed by atoms with Gasteiger partial charge in [-0.15, -0.1) is 0 Å². The molecule has 1 aliphatic rings. The first-order valence-electron chi connectivity index (χ1n) is 7.27. The third-order valence-electron chi connectivity index (χ3n) is 3.91. The van der Waals surface area contributed by atoms with E-state index in [0.29, 0.717) is 13.0 Å². The Morgan fingerprint density at radius 1 is 1.48 bits per heavy atom. The SMILES string of the molecule is CN(C)C(=O)CC1(O)CCCN(Cc2cccc(Br)c2)C1. The molecule has 1 unspecified atom stereocenters. The van der Waals surface area contributed by atoms with Crippen LogP contribution in [0.1, 0.15) is 24.8 Å². The van der Waals surface area contributed by atoms with Crippen molar-refractivity contribution in [1.29, 1.82) is 0 Å². The van der Waals surface area contributed by atoms with E-state index in [1.807, 2.05) is 12.1 Å². The van der Waals surface area contributed by atoms with Gasteiger partial charge in [0.25, 0.3) is 0 Å². The molecule has 0 spiro atoms. The molecule has 1 N–H and O–H groups in total. The molecule has 0 saturated carbocycles. The Balaban J connectivity index is 1.98. The Hall–Kier alpha value is -0.910. The lowest BCUT2D eigenvalue weighted by Crippen LogP contribution is -2.50. The fourth-order valence-corrected chi connectivity index (χ4v) is 3.27. The Bertz CT molecular complexity index is 507. The van der Waals surface area contributed by atoms with E-state index in [-0.39, 0.29) is 12.3 Å². The smallest absolute Gasteiger partial charge is 0.224 e. The van der Waals surface area contributed by atoms with Crippen LogP contribution in [0.3, 0.4) is 0 Å². The maximum absolute atomic E-state index is 11.9. The number of likely N-dealkylation sites (tertiary alicyclic amines) is 1. The first kappa shape index (κ1) is 16.5. The van der Waals surface area contributed by atoms with Gasteiger partial charge >= 0.3 is 0 Å².